The molecule has 0 unspecified atom stereocenters. The first-order chi connectivity index (χ1) is 12.2. The number of nitrogens with zero attached hydrogens (tertiary/aromatic N) is 4. The van der Waals surface area contributed by atoms with Crippen LogP contribution in [-0.4, -0.2) is 33.9 Å². The summed E-state index contributed by atoms with van der Waals surface area (Å²) in [4.78, 5) is 6.51. The largest absolute Gasteiger partial charge is 2.00 e. The number of amidine groups is 1. The van der Waals surface area contributed by atoms with Gasteiger partial charge >= 0.3 is 17.1 Å². The number of hydrogen-bond acceptors (Lipinski definition) is 4. The van der Waals surface area contributed by atoms with E-state index in [1.807, 2.05) is 25.1 Å². The minimum atomic E-state index is 0. The predicted molar refractivity (Wildman–Crippen MR) is 111 cm³/mol. The van der Waals surface area contributed by atoms with E-state index in [1.165, 1.54) is 51.4 Å². The molecule has 0 saturated heterocycles. The summed E-state index contributed by atoms with van der Waals surface area (Å²) in [7, 11) is 0. The quantitative estimate of drug-likeness (QED) is 0.116. The summed E-state index contributed by atoms with van der Waals surface area (Å²) < 4.78 is 0. The fourth-order valence-corrected chi connectivity index (χ4v) is 2.79. The second kappa shape index (κ2) is 16.2. The van der Waals surface area contributed by atoms with Gasteiger partial charge in [0, 0.05) is 24.5 Å². The monoisotopic (exact) mass is 424 g/mol. The summed E-state index contributed by atoms with van der Waals surface area (Å²) in [5, 5.41) is 9.20. The van der Waals surface area contributed by atoms with E-state index in [0.29, 0.717) is 5.17 Å². The molecule has 1 rings (SSSR count). The van der Waals surface area contributed by atoms with E-state index in [-0.39, 0.29) is 17.1 Å². The molecule has 26 heavy (non-hydrogen) atoms. The zero-order valence-electron chi connectivity index (χ0n) is 16.4. The van der Waals surface area contributed by atoms with Crippen LogP contribution in [0.4, 0.5) is 0 Å². The number of hydrogen-bond donors (Lipinski definition) is 0. The molecule has 1 heterocycles. The Bertz CT molecular complexity index is 508. The summed E-state index contributed by atoms with van der Waals surface area (Å²) in [6, 6.07) is 5.78. The van der Waals surface area contributed by atoms with Crippen molar-refractivity contribution in [2.24, 2.45) is 10.2 Å². The average molecular weight is 425 g/mol. The Kier molecular flexibility index (Phi) is 15.6. The minimum absolute atomic E-state index is 0. The number of rotatable bonds is 12. The van der Waals surface area contributed by atoms with Crippen LogP contribution in [0, 0.1) is 0 Å². The van der Waals surface area contributed by atoms with Crippen LogP contribution in [0.25, 0.3) is 0 Å². The third-order valence-electron chi connectivity index (χ3n) is 4.15. The van der Waals surface area contributed by atoms with E-state index < -0.39 is 0 Å². The molecular weight excluding hydrogens is 392 g/mol. The standard InChI is InChI=1S/C20H34N4S.Cu/c1-4-6-8-12-16-24(17-13-9-7-5-2)20(25)23-22-18(3)19-14-10-11-15-21-19;/h10-11,14-15H,4-9,12-13,16-17H2,1-3H3,(H,23,25);/q;+2/p-1/b22-18+;. The van der Waals surface area contributed by atoms with Crippen LogP contribution in [0.15, 0.2) is 34.6 Å². The normalized spacial score (nSPS) is 12.0. The summed E-state index contributed by atoms with van der Waals surface area (Å²) in [6.07, 6.45) is 11.7. The Morgan fingerprint density at radius 1 is 0.962 bits per heavy atom. The SMILES string of the molecule is CCCCCCN(CCCCCC)/C([S-])=N/N=C(\C)c1ccccn1.[Cu+2]. The molecule has 0 aliphatic heterocycles. The van der Waals surface area contributed by atoms with Gasteiger partial charge in [-0.3, -0.25) is 4.98 Å². The third-order valence-corrected chi connectivity index (χ3v) is 4.49. The Labute approximate surface area is 175 Å². The molecule has 0 aliphatic carbocycles. The van der Waals surface area contributed by atoms with Gasteiger partial charge in [0.2, 0.25) is 0 Å². The maximum Gasteiger partial charge on any atom is 2.00 e. The van der Waals surface area contributed by atoms with E-state index in [9.17, 15) is 0 Å². The first kappa shape index (κ1) is 25.0. The van der Waals surface area contributed by atoms with Crippen molar-refractivity contribution in [3.8, 4) is 0 Å². The topological polar surface area (TPSA) is 40.9 Å². The van der Waals surface area contributed by atoms with Gasteiger partial charge < -0.3 is 17.5 Å². The van der Waals surface area contributed by atoms with Gasteiger partial charge in [-0.1, -0.05) is 58.4 Å². The van der Waals surface area contributed by atoms with Crippen LogP contribution >= 0.6 is 0 Å². The second-order valence-electron chi connectivity index (χ2n) is 6.39. The Hall–Kier alpha value is -0.971. The number of aromatic nitrogens is 1. The van der Waals surface area contributed by atoms with Crippen molar-refractivity contribution >= 4 is 23.5 Å². The van der Waals surface area contributed by atoms with E-state index >= 15 is 0 Å². The Morgan fingerprint density at radius 2 is 1.58 bits per heavy atom. The summed E-state index contributed by atoms with van der Waals surface area (Å²) in [5.74, 6) is 0. The van der Waals surface area contributed by atoms with Crippen molar-refractivity contribution < 1.29 is 17.1 Å². The van der Waals surface area contributed by atoms with Gasteiger partial charge in [0.1, 0.15) is 0 Å². The van der Waals surface area contributed by atoms with Crippen LogP contribution in [0.1, 0.15) is 77.8 Å². The zero-order chi connectivity index (χ0) is 18.3. The molecule has 0 atom stereocenters. The van der Waals surface area contributed by atoms with Gasteiger partial charge in [-0.25, -0.2) is 0 Å². The summed E-state index contributed by atoms with van der Waals surface area (Å²) in [5.41, 5.74) is 1.63. The molecule has 0 bridgehead atoms. The van der Waals surface area contributed by atoms with E-state index in [1.54, 1.807) is 6.20 Å². The molecule has 0 aromatic carbocycles. The molecule has 0 amide bonds. The molecular formula is C20H33CuN4S+. The van der Waals surface area contributed by atoms with E-state index in [0.717, 1.165) is 24.5 Å². The van der Waals surface area contributed by atoms with Crippen molar-refractivity contribution in [3.05, 3.63) is 30.1 Å². The van der Waals surface area contributed by atoms with Crippen molar-refractivity contribution in [2.45, 2.75) is 72.1 Å². The van der Waals surface area contributed by atoms with Gasteiger partial charge in [-0.15, -0.1) is 0 Å². The molecule has 0 fully saturated rings. The molecule has 0 N–H and O–H groups in total. The van der Waals surface area contributed by atoms with Gasteiger partial charge in [0.25, 0.3) is 0 Å². The Morgan fingerprint density at radius 3 is 2.08 bits per heavy atom. The van der Waals surface area contributed by atoms with Crippen LogP contribution in [0.3, 0.4) is 0 Å². The molecule has 0 aliphatic rings. The van der Waals surface area contributed by atoms with E-state index in [4.69, 9.17) is 12.6 Å². The van der Waals surface area contributed by atoms with Crippen LogP contribution in [0.5, 0.6) is 0 Å². The van der Waals surface area contributed by atoms with Crippen molar-refractivity contribution in [2.75, 3.05) is 13.1 Å². The van der Waals surface area contributed by atoms with Crippen LogP contribution < -0.4 is 0 Å². The van der Waals surface area contributed by atoms with Crippen molar-refractivity contribution in [3.63, 3.8) is 0 Å². The summed E-state index contributed by atoms with van der Waals surface area (Å²) >= 11 is 5.53. The van der Waals surface area contributed by atoms with Crippen molar-refractivity contribution in [1.29, 1.82) is 0 Å². The molecule has 149 valence electrons. The van der Waals surface area contributed by atoms with Gasteiger partial charge in [0.05, 0.1) is 11.4 Å². The fraction of sp³-hybridized carbons (Fsp3) is 0.650. The molecule has 1 aromatic heterocycles. The predicted octanol–water partition coefficient (Wildman–Crippen LogP) is 5.17. The maximum atomic E-state index is 5.53. The molecule has 1 aromatic rings. The second-order valence-corrected chi connectivity index (χ2v) is 6.76. The first-order valence-electron chi connectivity index (χ1n) is 9.64. The first-order valence-corrected chi connectivity index (χ1v) is 10.1. The van der Waals surface area contributed by atoms with Crippen LogP contribution in [0.2, 0.25) is 0 Å². The Balaban J connectivity index is 0.00000625. The zero-order valence-corrected chi connectivity index (χ0v) is 18.1. The third kappa shape index (κ3) is 10.9. The fourth-order valence-electron chi connectivity index (χ4n) is 2.57. The number of pyridine rings is 1. The molecule has 6 heteroatoms. The van der Waals surface area contributed by atoms with Gasteiger partial charge in [0.15, 0.2) is 0 Å². The maximum absolute atomic E-state index is 5.53. The summed E-state index contributed by atoms with van der Waals surface area (Å²) in [6.45, 7) is 8.34. The van der Waals surface area contributed by atoms with Gasteiger partial charge in [-0.05, 0) is 31.9 Å². The van der Waals surface area contributed by atoms with Crippen LogP contribution in [-0.2, 0) is 29.7 Å². The molecule has 4 nitrogen and oxygen atoms in total. The smallest absolute Gasteiger partial charge is 0.741 e. The molecule has 0 spiro atoms. The van der Waals surface area contributed by atoms with E-state index in [2.05, 4.69) is 33.9 Å². The average Bonchev–Trinajstić information content (AvgIpc) is 2.65. The minimum Gasteiger partial charge on any atom is -0.741 e. The molecule has 0 saturated carbocycles. The number of unbranched alkanes of at least 4 members (excludes halogenated alkanes) is 6. The molecule has 1 radical (unpaired) electrons. The van der Waals surface area contributed by atoms with Crippen molar-refractivity contribution in [1.82, 2.24) is 9.88 Å². The van der Waals surface area contributed by atoms with Gasteiger partial charge in [-0.2, -0.15) is 10.2 Å².